The van der Waals surface area contributed by atoms with Gasteiger partial charge in [-0.2, -0.15) is 5.10 Å². The molecule has 0 unspecified atom stereocenters. The summed E-state index contributed by atoms with van der Waals surface area (Å²) in [5.74, 6) is -0.238. The summed E-state index contributed by atoms with van der Waals surface area (Å²) in [5.41, 5.74) is 0.377. The number of aryl methyl sites for hydroxylation is 1. The summed E-state index contributed by atoms with van der Waals surface area (Å²) in [6, 6.07) is 0. The van der Waals surface area contributed by atoms with Crippen molar-refractivity contribution < 1.29 is 9.90 Å². The molecule has 0 aliphatic carbocycles. The van der Waals surface area contributed by atoms with Crippen molar-refractivity contribution in [1.29, 1.82) is 0 Å². The van der Waals surface area contributed by atoms with Crippen LogP contribution in [0.2, 0.25) is 0 Å². The van der Waals surface area contributed by atoms with Crippen molar-refractivity contribution >= 4 is 5.78 Å². The smallest absolute Gasteiger partial charge is 0.183 e. The number of carbonyl (C=O) groups is 1. The lowest BCUT2D eigenvalue weighted by Crippen LogP contribution is -2.11. The molecule has 0 aromatic carbocycles. The second kappa shape index (κ2) is 4.04. The van der Waals surface area contributed by atoms with Gasteiger partial charge in [0.1, 0.15) is 0 Å². The molecule has 0 atom stereocenters. The maximum Gasteiger partial charge on any atom is 0.183 e. The van der Waals surface area contributed by atoms with Gasteiger partial charge in [-0.1, -0.05) is 20.8 Å². The minimum atomic E-state index is -0.206. The van der Waals surface area contributed by atoms with Gasteiger partial charge in [-0.3, -0.25) is 9.48 Å². The van der Waals surface area contributed by atoms with Gasteiger partial charge < -0.3 is 5.11 Å². The Morgan fingerprint density at radius 3 is 2.53 bits per heavy atom. The summed E-state index contributed by atoms with van der Waals surface area (Å²) in [4.78, 5) is 11.0. The first-order chi connectivity index (χ1) is 6.79. The van der Waals surface area contributed by atoms with Gasteiger partial charge in [0.15, 0.2) is 17.2 Å². The van der Waals surface area contributed by atoms with E-state index in [0.717, 1.165) is 6.42 Å². The molecule has 1 rings (SSSR count). The number of nitrogens with zero attached hydrogens (tertiary/aromatic N) is 2. The lowest BCUT2D eigenvalue weighted by molar-refractivity contribution is 0.101. The predicted molar refractivity (Wildman–Crippen MR) is 58.0 cm³/mol. The Balaban J connectivity index is 2.72. The molecule has 4 nitrogen and oxygen atoms in total. The first kappa shape index (κ1) is 11.8. The summed E-state index contributed by atoms with van der Waals surface area (Å²) in [6.07, 6.45) is 2.45. The fourth-order valence-electron chi connectivity index (χ4n) is 1.23. The highest BCUT2D eigenvalue weighted by Gasteiger charge is 2.14. The molecule has 0 fully saturated rings. The maximum atomic E-state index is 11.0. The fourth-order valence-corrected chi connectivity index (χ4v) is 1.23. The van der Waals surface area contributed by atoms with Crippen molar-refractivity contribution in [1.82, 2.24) is 9.78 Å². The molecular weight excluding hydrogens is 192 g/mol. The van der Waals surface area contributed by atoms with Crippen LogP contribution in [0.5, 0.6) is 5.75 Å². The average molecular weight is 210 g/mol. The van der Waals surface area contributed by atoms with Crippen LogP contribution < -0.4 is 0 Å². The number of hydrogen-bond acceptors (Lipinski definition) is 3. The van der Waals surface area contributed by atoms with Gasteiger partial charge in [-0.25, -0.2) is 0 Å². The SMILES string of the molecule is CC(=O)c1nn(CCC(C)(C)C)cc1O. The van der Waals surface area contributed by atoms with Crippen LogP contribution in [0.1, 0.15) is 44.6 Å². The van der Waals surface area contributed by atoms with E-state index in [0.29, 0.717) is 6.54 Å². The first-order valence-corrected chi connectivity index (χ1v) is 5.07. The molecule has 4 heteroatoms. The predicted octanol–water partition coefficient (Wildman–Crippen LogP) is 2.23. The van der Waals surface area contributed by atoms with Crippen molar-refractivity contribution in [3.63, 3.8) is 0 Å². The summed E-state index contributed by atoms with van der Waals surface area (Å²) < 4.78 is 1.62. The Kier molecular flexibility index (Phi) is 3.17. The summed E-state index contributed by atoms with van der Waals surface area (Å²) in [5, 5.41) is 13.5. The van der Waals surface area contributed by atoms with Crippen LogP contribution in [-0.2, 0) is 6.54 Å². The van der Waals surface area contributed by atoms with Crippen molar-refractivity contribution in [3.8, 4) is 5.75 Å². The molecular formula is C11H18N2O2. The van der Waals surface area contributed by atoms with Crippen LogP contribution in [0, 0.1) is 5.41 Å². The molecule has 0 saturated carbocycles. The fraction of sp³-hybridized carbons (Fsp3) is 0.636. The maximum absolute atomic E-state index is 11.0. The summed E-state index contributed by atoms with van der Waals surface area (Å²) in [7, 11) is 0. The number of rotatable bonds is 3. The molecule has 1 aromatic rings. The van der Waals surface area contributed by atoms with Crippen molar-refractivity contribution in [2.24, 2.45) is 5.41 Å². The summed E-state index contributed by atoms with van der Waals surface area (Å²) in [6.45, 7) is 8.53. The van der Waals surface area contributed by atoms with Crippen molar-refractivity contribution in [2.75, 3.05) is 0 Å². The molecule has 0 spiro atoms. The third-order valence-corrected chi connectivity index (χ3v) is 2.17. The highest BCUT2D eigenvalue weighted by Crippen LogP contribution is 2.21. The van der Waals surface area contributed by atoms with Gasteiger partial charge >= 0.3 is 0 Å². The second-order valence-corrected chi connectivity index (χ2v) is 4.99. The first-order valence-electron chi connectivity index (χ1n) is 5.07. The van der Waals surface area contributed by atoms with Gasteiger partial charge in [-0.15, -0.1) is 0 Å². The molecule has 0 saturated heterocycles. The number of ketones is 1. The van der Waals surface area contributed by atoms with E-state index in [1.54, 1.807) is 4.68 Å². The lowest BCUT2D eigenvalue weighted by atomic mass is 9.92. The molecule has 0 radical (unpaired) electrons. The Morgan fingerprint density at radius 2 is 2.13 bits per heavy atom. The van der Waals surface area contributed by atoms with Gasteiger partial charge in [-0.05, 0) is 11.8 Å². The zero-order chi connectivity index (χ0) is 11.6. The molecule has 1 aromatic heterocycles. The highest BCUT2D eigenvalue weighted by atomic mass is 16.3. The van der Waals surface area contributed by atoms with E-state index in [2.05, 4.69) is 25.9 Å². The highest BCUT2D eigenvalue weighted by molar-refractivity contribution is 5.94. The van der Waals surface area contributed by atoms with Crippen LogP contribution in [0.25, 0.3) is 0 Å². The number of carbonyl (C=O) groups excluding carboxylic acids is 1. The standard InChI is InChI=1S/C11H18N2O2/c1-8(14)10-9(15)7-13(12-10)6-5-11(2,3)4/h7,15H,5-6H2,1-4H3. The average Bonchev–Trinajstić information content (AvgIpc) is 2.42. The molecule has 0 amide bonds. The normalized spacial score (nSPS) is 11.7. The van der Waals surface area contributed by atoms with Gasteiger partial charge in [0.2, 0.25) is 0 Å². The Hall–Kier alpha value is -1.32. The molecule has 0 aliphatic heterocycles. The third-order valence-electron chi connectivity index (χ3n) is 2.17. The minimum absolute atomic E-state index is 0.0311. The quantitative estimate of drug-likeness (QED) is 0.778. The zero-order valence-corrected chi connectivity index (χ0v) is 9.74. The van der Waals surface area contributed by atoms with E-state index in [9.17, 15) is 9.90 Å². The van der Waals surface area contributed by atoms with Gasteiger partial charge in [0, 0.05) is 13.5 Å². The topological polar surface area (TPSA) is 55.1 Å². The number of aromatic hydroxyl groups is 1. The van der Waals surface area contributed by atoms with E-state index in [1.807, 2.05) is 0 Å². The van der Waals surface area contributed by atoms with E-state index in [-0.39, 0.29) is 22.6 Å². The van der Waals surface area contributed by atoms with E-state index in [1.165, 1.54) is 13.1 Å². The number of aromatic nitrogens is 2. The van der Waals surface area contributed by atoms with E-state index in [4.69, 9.17) is 0 Å². The minimum Gasteiger partial charge on any atom is -0.504 e. The van der Waals surface area contributed by atoms with Crippen LogP contribution >= 0.6 is 0 Å². The van der Waals surface area contributed by atoms with Crippen LogP contribution in [0.4, 0.5) is 0 Å². The van der Waals surface area contributed by atoms with Crippen molar-refractivity contribution in [3.05, 3.63) is 11.9 Å². The molecule has 0 aliphatic rings. The molecule has 1 N–H and O–H groups in total. The Morgan fingerprint density at radius 1 is 1.53 bits per heavy atom. The van der Waals surface area contributed by atoms with Gasteiger partial charge in [0.25, 0.3) is 0 Å². The van der Waals surface area contributed by atoms with Gasteiger partial charge in [0.05, 0.1) is 6.20 Å². The number of Topliss-reactive ketones (excluding diaryl/α,β-unsaturated/α-hetero) is 1. The van der Waals surface area contributed by atoms with Crippen LogP contribution in [-0.4, -0.2) is 20.7 Å². The molecule has 15 heavy (non-hydrogen) atoms. The lowest BCUT2D eigenvalue weighted by Gasteiger charge is -2.17. The Bertz CT molecular complexity index is 361. The van der Waals surface area contributed by atoms with Crippen molar-refractivity contribution in [2.45, 2.75) is 40.7 Å². The molecule has 84 valence electrons. The second-order valence-electron chi connectivity index (χ2n) is 4.99. The van der Waals surface area contributed by atoms with E-state index < -0.39 is 0 Å². The van der Waals surface area contributed by atoms with Crippen LogP contribution in [0.3, 0.4) is 0 Å². The molecule has 0 bridgehead atoms. The van der Waals surface area contributed by atoms with E-state index >= 15 is 0 Å². The zero-order valence-electron chi connectivity index (χ0n) is 9.74. The monoisotopic (exact) mass is 210 g/mol. The summed E-state index contributed by atoms with van der Waals surface area (Å²) >= 11 is 0. The third kappa shape index (κ3) is 3.38. The van der Waals surface area contributed by atoms with Crippen LogP contribution in [0.15, 0.2) is 6.20 Å². The largest absolute Gasteiger partial charge is 0.504 e. The molecule has 1 heterocycles. The Labute approximate surface area is 89.9 Å². The number of hydrogen-bond donors (Lipinski definition) is 1.